The molecule has 0 saturated heterocycles. The van der Waals surface area contributed by atoms with Crippen LogP contribution in [0.25, 0.3) is 4.96 Å². The summed E-state index contributed by atoms with van der Waals surface area (Å²) in [6.07, 6.45) is 8.57. The molecule has 4 aliphatic rings. The Hall–Kier alpha value is -2.38. The van der Waals surface area contributed by atoms with Crippen molar-refractivity contribution >= 4 is 39.5 Å². The van der Waals surface area contributed by atoms with E-state index in [9.17, 15) is 9.59 Å². The van der Waals surface area contributed by atoms with Gasteiger partial charge in [-0.15, -0.1) is 11.3 Å². The number of thiazole rings is 1. The lowest BCUT2D eigenvalue weighted by molar-refractivity contribution is -0.140. The Balaban J connectivity index is 1.23. The van der Waals surface area contributed by atoms with Crippen LogP contribution in [0.15, 0.2) is 40.6 Å². The second-order valence-electron chi connectivity index (χ2n) is 9.72. The Bertz CT molecular complexity index is 1230. The van der Waals surface area contributed by atoms with Crippen LogP contribution in [0.1, 0.15) is 44.2 Å². The van der Waals surface area contributed by atoms with Crippen molar-refractivity contribution in [2.75, 3.05) is 5.32 Å². The first-order valence-electron chi connectivity index (χ1n) is 11.2. The van der Waals surface area contributed by atoms with E-state index >= 15 is 0 Å². The van der Waals surface area contributed by atoms with Crippen molar-refractivity contribution in [2.24, 2.45) is 23.2 Å². The van der Waals surface area contributed by atoms with E-state index in [1.807, 2.05) is 5.38 Å². The van der Waals surface area contributed by atoms with Crippen LogP contribution in [0.2, 0.25) is 5.02 Å². The Morgan fingerprint density at radius 2 is 1.91 bits per heavy atom. The minimum Gasteiger partial charge on any atom is -0.485 e. The van der Waals surface area contributed by atoms with Crippen LogP contribution in [0, 0.1) is 23.2 Å². The number of carbonyl (C=O) groups excluding carboxylic acids is 1. The molecule has 0 atom stereocenters. The van der Waals surface area contributed by atoms with Gasteiger partial charge in [0.2, 0.25) is 5.91 Å². The van der Waals surface area contributed by atoms with E-state index in [1.54, 1.807) is 24.4 Å². The molecule has 32 heavy (non-hydrogen) atoms. The van der Waals surface area contributed by atoms with E-state index in [-0.39, 0.29) is 23.5 Å². The Morgan fingerprint density at radius 3 is 2.62 bits per heavy atom. The lowest BCUT2D eigenvalue weighted by Gasteiger charge is -2.55. The maximum Gasteiger partial charge on any atom is 0.258 e. The van der Waals surface area contributed by atoms with Gasteiger partial charge in [0.15, 0.2) is 4.96 Å². The quantitative estimate of drug-likeness (QED) is 0.561. The van der Waals surface area contributed by atoms with Crippen molar-refractivity contribution in [1.29, 1.82) is 0 Å². The molecule has 0 radical (unpaired) electrons. The van der Waals surface area contributed by atoms with Gasteiger partial charge in [-0.25, -0.2) is 4.98 Å². The van der Waals surface area contributed by atoms with Gasteiger partial charge in [0.05, 0.1) is 16.8 Å². The molecule has 4 fully saturated rings. The van der Waals surface area contributed by atoms with Crippen molar-refractivity contribution in [2.45, 2.75) is 45.1 Å². The lowest BCUT2D eigenvalue weighted by Crippen LogP contribution is -2.51. The third kappa shape index (κ3) is 3.52. The average Bonchev–Trinajstić information content (AvgIpc) is 3.21. The number of nitrogens with one attached hydrogen (secondary N) is 1. The van der Waals surface area contributed by atoms with Crippen LogP contribution in [-0.2, 0) is 11.4 Å². The smallest absolute Gasteiger partial charge is 0.258 e. The number of hydrogen-bond acceptors (Lipinski definition) is 5. The van der Waals surface area contributed by atoms with Gasteiger partial charge in [-0.3, -0.25) is 14.0 Å². The van der Waals surface area contributed by atoms with E-state index < -0.39 is 0 Å². The fourth-order valence-corrected chi connectivity index (χ4v) is 7.39. The summed E-state index contributed by atoms with van der Waals surface area (Å²) in [6, 6.07) is 6.71. The second kappa shape index (κ2) is 7.59. The van der Waals surface area contributed by atoms with Crippen molar-refractivity contribution in [3.63, 3.8) is 0 Å². The highest BCUT2D eigenvalue weighted by Crippen LogP contribution is 2.60. The van der Waals surface area contributed by atoms with Crippen molar-refractivity contribution in [3.8, 4) is 5.75 Å². The molecule has 0 aliphatic heterocycles. The number of amides is 1. The normalized spacial score (nSPS) is 28.2. The van der Waals surface area contributed by atoms with E-state index in [0.717, 1.165) is 19.3 Å². The van der Waals surface area contributed by atoms with Gasteiger partial charge in [0, 0.05) is 22.7 Å². The summed E-state index contributed by atoms with van der Waals surface area (Å²) in [6.45, 7) is 0.130. The molecule has 1 aromatic carbocycles. The van der Waals surface area contributed by atoms with Gasteiger partial charge >= 0.3 is 0 Å². The Labute approximate surface area is 194 Å². The highest BCUT2D eigenvalue weighted by atomic mass is 35.5. The van der Waals surface area contributed by atoms with E-state index in [1.165, 1.54) is 41.1 Å². The minimum absolute atomic E-state index is 0.0973. The molecule has 6 nitrogen and oxygen atoms in total. The van der Waals surface area contributed by atoms with Gasteiger partial charge < -0.3 is 10.1 Å². The molecule has 2 aromatic heterocycles. The summed E-state index contributed by atoms with van der Waals surface area (Å²) in [7, 11) is 0. The minimum atomic E-state index is -0.255. The molecule has 3 aromatic rings. The first-order valence-corrected chi connectivity index (χ1v) is 12.4. The van der Waals surface area contributed by atoms with E-state index in [0.29, 0.717) is 44.9 Å². The van der Waals surface area contributed by atoms with E-state index in [2.05, 4.69) is 10.3 Å². The van der Waals surface area contributed by atoms with Gasteiger partial charge in [-0.05, 0) is 74.5 Å². The molecule has 8 heteroatoms. The van der Waals surface area contributed by atoms with Crippen LogP contribution >= 0.6 is 22.9 Å². The van der Waals surface area contributed by atoms with Crippen molar-refractivity contribution in [1.82, 2.24) is 9.38 Å². The fourth-order valence-electron chi connectivity index (χ4n) is 6.48. The number of hydrogen-bond donors (Lipinski definition) is 1. The molecule has 7 rings (SSSR count). The fraction of sp³-hybridized carbons (Fsp3) is 0.458. The van der Waals surface area contributed by atoms with Crippen molar-refractivity contribution in [3.05, 3.63) is 56.9 Å². The number of benzene rings is 1. The lowest BCUT2D eigenvalue weighted by atomic mass is 9.49. The summed E-state index contributed by atoms with van der Waals surface area (Å²) < 4.78 is 7.51. The molecular formula is C24H24ClN3O3S. The topological polar surface area (TPSA) is 72.7 Å². The Morgan fingerprint density at radius 1 is 1.19 bits per heavy atom. The number of aromatic nitrogens is 2. The highest BCUT2D eigenvalue weighted by Gasteiger charge is 2.54. The van der Waals surface area contributed by atoms with Crippen LogP contribution in [0.3, 0.4) is 0 Å². The number of nitrogens with zero attached hydrogens (tertiary/aromatic N) is 2. The molecular weight excluding hydrogens is 446 g/mol. The maximum absolute atomic E-state index is 13.5. The standard InChI is InChI=1S/C24H24ClN3O3S/c25-17-1-2-20(31-13-18-9-21(29)28-3-4-32-23(28)26-18)19(8-17)27-22(30)24-10-14-5-15(11-24)7-16(6-14)12-24/h1-4,8-9,14-16H,5-7,10-13H2,(H,27,30). The zero-order valence-corrected chi connectivity index (χ0v) is 19.1. The van der Waals surface area contributed by atoms with Gasteiger partial charge in [-0.1, -0.05) is 11.6 Å². The number of anilines is 1. The van der Waals surface area contributed by atoms with Gasteiger partial charge in [-0.2, -0.15) is 0 Å². The molecule has 2 heterocycles. The molecule has 4 aliphatic carbocycles. The molecule has 1 amide bonds. The SMILES string of the molecule is O=C(Nc1cc(Cl)ccc1OCc1cc(=O)n2ccsc2n1)C12CC3CC(CC(C3)C1)C2. The zero-order chi connectivity index (χ0) is 21.9. The van der Waals surface area contributed by atoms with Gasteiger partial charge in [0.1, 0.15) is 12.4 Å². The van der Waals surface area contributed by atoms with E-state index in [4.69, 9.17) is 16.3 Å². The first-order chi connectivity index (χ1) is 15.5. The largest absolute Gasteiger partial charge is 0.485 e. The number of fused-ring (bicyclic) bond motifs is 1. The monoisotopic (exact) mass is 469 g/mol. The predicted octanol–water partition coefficient (Wildman–Crippen LogP) is 5.14. The Kier molecular flexibility index (Phi) is 4.80. The van der Waals surface area contributed by atoms with Crippen molar-refractivity contribution < 1.29 is 9.53 Å². The molecule has 166 valence electrons. The predicted molar refractivity (Wildman–Crippen MR) is 124 cm³/mol. The first kappa shape index (κ1) is 20.2. The van der Waals surface area contributed by atoms with Gasteiger partial charge in [0.25, 0.3) is 5.56 Å². The summed E-state index contributed by atoms with van der Waals surface area (Å²) in [5.74, 6) is 2.71. The molecule has 4 bridgehead atoms. The molecule has 0 unspecified atom stereocenters. The highest BCUT2D eigenvalue weighted by molar-refractivity contribution is 7.15. The summed E-state index contributed by atoms with van der Waals surface area (Å²) in [5.41, 5.74) is 0.730. The number of halogens is 1. The summed E-state index contributed by atoms with van der Waals surface area (Å²) in [5, 5.41) is 5.51. The molecule has 4 saturated carbocycles. The average molecular weight is 470 g/mol. The molecule has 1 N–H and O–H groups in total. The zero-order valence-electron chi connectivity index (χ0n) is 17.6. The third-order valence-corrected chi connectivity index (χ3v) is 8.43. The van der Waals surface area contributed by atoms with Crippen LogP contribution in [0.5, 0.6) is 5.75 Å². The molecule has 0 spiro atoms. The van der Waals surface area contributed by atoms with Crippen LogP contribution < -0.4 is 15.6 Å². The number of carbonyl (C=O) groups is 1. The van der Waals surface area contributed by atoms with Crippen LogP contribution in [-0.4, -0.2) is 15.3 Å². The number of ether oxygens (including phenoxy) is 1. The number of rotatable bonds is 5. The third-order valence-electron chi connectivity index (χ3n) is 7.44. The summed E-state index contributed by atoms with van der Waals surface area (Å²) >= 11 is 7.65. The second-order valence-corrected chi connectivity index (χ2v) is 11.0. The maximum atomic E-state index is 13.5. The van der Waals surface area contributed by atoms with Crippen LogP contribution in [0.4, 0.5) is 5.69 Å². The summed E-state index contributed by atoms with van der Waals surface area (Å²) in [4.78, 5) is 30.9.